The Hall–Kier alpha value is -2.21. The molecule has 0 atom stereocenters. The highest BCUT2D eigenvalue weighted by Crippen LogP contribution is 2.30. The monoisotopic (exact) mass is 360 g/mol. The molecule has 0 aliphatic heterocycles. The van der Waals surface area contributed by atoms with Crippen LogP contribution in [0, 0.1) is 11.8 Å². The van der Waals surface area contributed by atoms with E-state index in [0.717, 1.165) is 19.3 Å². The van der Waals surface area contributed by atoms with Crippen LogP contribution < -0.4 is 10.6 Å². The fourth-order valence-electron chi connectivity index (χ4n) is 3.25. The number of anilines is 1. The topological polar surface area (TPSA) is 84.5 Å². The molecule has 1 aromatic rings. The SMILES string of the molecule is COCCCNC(=O)C1CCC(C(=O)Nc2cccc(C(C)=O)c2)CC1. The quantitative estimate of drug-likeness (QED) is 0.551. The normalized spacial score (nSPS) is 19.6. The maximum atomic E-state index is 12.5. The second kappa shape index (κ2) is 10.1. The second-order valence-corrected chi connectivity index (χ2v) is 6.81. The molecule has 0 radical (unpaired) electrons. The van der Waals surface area contributed by atoms with Crippen LogP contribution in [0.4, 0.5) is 5.69 Å². The molecule has 142 valence electrons. The maximum Gasteiger partial charge on any atom is 0.227 e. The van der Waals surface area contributed by atoms with Crippen molar-refractivity contribution in [1.29, 1.82) is 0 Å². The van der Waals surface area contributed by atoms with E-state index in [1.165, 1.54) is 6.92 Å². The average Bonchev–Trinajstić information content (AvgIpc) is 2.65. The van der Waals surface area contributed by atoms with E-state index >= 15 is 0 Å². The van der Waals surface area contributed by atoms with Gasteiger partial charge in [0.05, 0.1) is 0 Å². The molecule has 2 N–H and O–H groups in total. The summed E-state index contributed by atoms with van der Waals surface area (Å²) in [6, 6.07) is 6.97. The van der Waals surface area contributed by atoms with E-state index in [1.807, 2.05) is 0 Å². The lowest BCUT2D eigenvalue weighted by atomic mass is 9.81. The van der Waals surface area contributed by atoms with Gasteiger partial charge < -0.3 is 15.4 Å². The summed E-state index contributed by atoms with van der Waals surface area (Å²) >= 11 is 0. The lowest BCUT2D eigenvalue weighted by Gasteiger charge is -2.27. The lowest BCUT2D eigenvalue weighted by Crippen LogP contribution is -2.36. The zero-order valence-electron chi connectivity index (χ0n) is 15.5. The zero-order valence-corrected chi connectivity index (χ0v) is 15.5. The zero-order chi connectivity index (χ0) is 18.9. The Kier molecular flexibility index (Phi) is 7.78. The Morgan fingerprint density at radius 3 is 2.35 bits per heavy atom. The smallest absolute Gasteiger partial charge is 0.227 e. The van der Waals surface area contributed by atoms with Crippen LogP contribution in [0.3, 0.4) is 0 Å². The van der Waals surface area contributed by atoms with Gasteiger partial charge in [-0.3, -0.25) is 14.4 Å². The molecule has 1 aliphatic carbocycles. The first-order chi connectivity index (χ1) is 12.5. The molecule has 2 amide bonds. The Morgan fingerprint density at radius 1 is 1.08 bits per heavy atom. The van der Waals surface area contributed by atoms with Gasteiger partial charge in [-0.2, -0.15) is 0 Å². The summed E-state index contributed by atoms with van der Waals surface area (Å²) in [6.07, 6.45) is 3.66. The van der Waals surface area contributed by atoms with E-state index < -0.39 is 0 Å². The molecule has 0 spiro atoms. The van der Waals surface area contributed by atoms with Gasteiger partial charge in [0.1, 0.15) is 0 Å². The largest absolute Gasteiger partial charge is 0.385 e. The number of rotatable bonds is 8. The minimum Gasteiger partial charge on any atom is -0.385 e. The number of hydrogen-bond donors (Lipinski definition) is 2. The van der Waals surface area contributed by atoms with Gasteiger partial charge in [0.25, 0.3) is 0 Å². The maximum absolute atomic E-state index is 12.5. The van der Waals surface area contributed by atoms with Gasteiger partial charge in [0.2, 0.25) is 11.8 Å². The molecule has 0 bridgehead atoms. The third-order valence-corrected chi connectivity index (χ3v) is 4.83. The fraction of sp³-hybridized carbons (Fsp3) is 0.550. The minimum atomic E-state index is -0.0893. The number of ether oxygens (including phenoxy) is 1. The Bertz CT molecular complexity index is 636. The van der Waals surface area contributed by atoms with Crippen LogP contribution >= 0.6 is 0 Å². The molecule has 2 rings (SSSR count). The molecular weight excluding hydrogens is 332 g/mol. The van der Waals surface area contributed by atoms with Gasteiger partial charge in [0, 0.05) is 43.3 Å². The summed E-state index contributed by atoms with van der Waals surface area (Å²) in [5, 5.41) is 5.83. The van der Waals surface area contributed by atoms with Crippen molar-refractivity contribution < 1.29 is 19.1 Å². The Morgan fingerprint density at radius 2 is 1.73 bits per heavy atom. The predicted octanol–water partition coefficient (Wildman–Crippen LogP) is 2.79. The van der Waals surface area contributed by atoms with E-state index in [-0.39, 0.29) is 29.4 Å². The number of Topliss-reactive ketones (excluding diaryl/α,β-unsaturated/α-hetero) is 1. The molecule has 1 saturated carbocycles. The van der Waals surface area contributed by atoms with Crippen LogP contribution in [0.1, 0.15) is 49.4 Å². The summed E-state index contributed by atoms with van der Waals surface area (Å²) in [6.45, 7) is 2.76. The van der Waals surface area contributed by atoms with Gasteiger partial charge in [-0.25, -0.2) is 0 Å². The van der Waals surface area contributed by atoms with Gasteiger partial charge >= 0.3 is 0 Å². The van der Waals surface area contributed by atoms with Crippen LogP contribution in [0.15, 0.2) is 24.3 Å². The molecule has 0 aromatic heterocycles. The highest BCUT2D eigenvalue weighted by atomic mass is 16.5. The second-order valence-electron chi connectivity index (χ2n) is 6.81. The number of nitrogens with one attached hydrogen (secondary N) is 2. The van der Waals surface area contributed by atoms with Gasteiger partial charge in [0.15, 0.2) is 5.78 Å². The summed E-state index contributed by atoms with van der Waals surface area (Å²) in [5.41, 5.74) is 1.22. The summed E-state index contributed by atoms with van der Waals surface area (Å²) in [4.78, 5) is 36.0. The van der Waals surface area contributed by atoms with Crippen molar-refractivity contribution in [3.8, 4) is 0 Å². The third-order valence-electron chi connectivity index (χ3n) is 4.83. The summed E-state index contributed by atoms with van der Waals surface area (Å²) < 4.78 is 4.96. The fourth-order valence-corrected chi connectivity index (χ4v) is 3.25. The van der Waals surface area contributed by atoms with Crippen LogP contribution in [-0.2, 0) is 14.3 Å². The van der Waals surface area contributed by atoms with Crippen LogP contribution in [0.2, 0.25) is 0 Å². The highest BCUT2D eigenvalue weighted by molar-refractivity contribution is 5.97. The van der Waals surface area contributed by atoms with Crippen molar-refractivity contribution in [3.63, 3.8) is 0 Å². The first kappa shape index (κ1) is 20.1. The number of methoxy groups -OCH3 is 1. The van der Waals surface area contributed by atoms with Crippen LogP contribution in [0.5, 0.6) is 0 Å². The van der Waals surface area contributed by atoms with Gasteiger partial charge in [-0.05, 0) is 51.2 Å². The molecule has 0 unspecified atom stereocenters. The van der Waals surface area contributed by atoms with Gasteiger partial charge in [-0.15, -0.1) is 0 Å². The molecule has 6 heteroatoms. The summed E-state index contributed by atoms with van der Waals surface area (Å²) in [7, 11) is 1.64. The first-order valence-corrected chi connectivity index (χ1v) is 9.19. The molecule has 6 nitrogen and oxygen atoms in total. The van der Waals surface area contributed by atoms with Crippen LogP contribution in [-0.4, -0.2) is 37.9 Å². The van der Waals surface area contributed by atoms with E-state index in [2.05, 4.69) is 10.6 Å². The third kappa shape index (κ3) is 5.95. The van der Waals surface area contributed by atoms with E-state index in [9.17, 15) is 14.4 Å². The molecule has 0 heterocycles. The standard InChI is InChI=1S/C20H28N2O4/c1-14(23)17-5-3-6-18(13-17)22-20(25)16-9-7-15(8-10-16)19(24)21-11-4-12-26-2/h3,5-6,13,15-16H,4,7-12H2,1-2H3,(H,21,24)(H,22,25). The van der Waals surface area contributed by atoms with Gasteiger partial charge in [-0.1, -0.05) is 12.1 Å². The number of amides is 2. The lowest BCUT2D eigenvalue weighted by molar-refractivity contribution is -0.128. The van der Waals surface area contributed by atoms with Crippen molar-refractivity contribution in [2.45, 2.75) is 39.0 Å². The number of benzene rings is 1. The molecular formula is C20H28N2O4. The molecule has 1 aromatic carbocycles. The number of ketones is 1. The number of hydrogen-bond acceptors (Lipinski definition) is 4. The molecule has 26 heavy (non-hydrogen) atoms. The number of carbonyl (C=O) groups excluding carboxylic acids is 3. The van der Waals surface area contributed by atoms with Crippen molar-refractivity contribution in [1.82, 2.24) is 5.32 Å². The van der Waals surface area contributed by atoms with Crippen molar-refractivity contribution in [2.24, 2.45) is 11.8 Å². The highest BCUT2D eigenvalue weighted by Gasteiger charge is 2.29. The van der Waals surface area contributed by atoms with Crippen molar-refractivity contribution >= 4 is 23.3 Å². The Labute approximate surface area is 154 Å². The molecule has 0 saturated heterocycles. The average molecular weight is 360 g/mol. The van der Waals surface area contributed by atoms with E-state index in [1.54, 1.807) is 31.4 Å². The van der Waals surface area contributed by atoms with E-state index in [0.29, 0.717) is 37.2 Å². The first-order valence-electron chi connectivity index (χ1n) is 9.19. The van der Waals surface area contributed by atoms with Crippen molar-refractivity contribution in [2.75, 3.05) is 25.6 Å². The number of carbonyl (C=O) groups is 3. The Balaban J connectivity index is 1.78. The predicted molar refractivity (Wildman–Crippen MR) is 100 cm³/mol. The molecule has 1 fully saturated rings. The van der Waals surface area contributed by atoms with Crippen LogP contribution in [0.25, 0.3) is 0 Å². The van der Waals surface area contributed by atoms with E-state index in [4.69, 9.17) is 4.74 Å². The molecule has 1 aliphatic rings. The summed E-state index contributed by atoms with van der Waals surface area (Å²) in [5.74, 6) is -0.0898. The van der Waals surface area contributed by atoms with Crippen molar-refractivity contribution in [3.05, 3.63) is 29.8 Å². The minimum absolute atomic E-state index is 0.0114.